The third-order valence-corrected chi connectivity index (χ3v) is 4.87. The molecule has 5 heteroatoms. The van der Waals surface area contributed by atoms with E-state index in [4.69, 9.17) is 9.31 Å². The van der Waals surface area contributed by atoms with Gasteiger partial charge in [0.2, 0.25) is 0 Å². The summed E-state index contributed by atoms with van der Waals surface area (Å²) in [5.74, 6) is 0.585. The normalized spacial score (nSPS) is 39.2. The fourth-order valence-corrected chi connectivity index (χ4v) is 2.39. The summed E-state index contributed by atoms with van der Waals surface area (Å²) in [6.45, 7) is 15.0. The predicted molar refractivity (Wildman–Crippen MR) is 73.7 cm³/mol. The molecule has 0 bridgehead atoms. The van der Waals surface area contributed by atoms with E-state index in [-0.39, 0.29) is 36.0 Å². The summed E-state index contributed by atoms with van der Waals surface area (Å²) in [5.41, 5.74) is -0.439. The standard InChI is InChI=1S/C12H24BNO2.ClH/c1-9-7-14-8-12(9,6)13-15-10(2,3)11(4,5)16-13;/h9,14H,7-8H2,1-6H3;1H. The summed E-state index contributed by atoms with van der Waals surface area (Å²) in [6.07, 6.45) is 0. The van der Waals surface area contributed by atoms with E-state index in [0.717, 1.165) is 13.1 Å². The molecule has 2 heterocycles. The first-order chi connectivity index (χ1) is 7.19. The Morgan fingerprint density at radius 1 is 1.06 bits per heavy atom. The molecule has 0 spiro atoms. The van der Waals surface area contributed by atoms with E-state index in [0.29, 0.717) is 5.92 Å². The molecule has 100 valence electrons. The van der Waals surface area contributed by atoms with Crippen molar-refractivity contribution >= 4 is 19.5 Å². The van der Waals surface area contributed by atoms with Crippen LogP contribution in [0.1, 0.15) is 41.5 Å². The van der Waals surface area contributed by atoms with Crippen molar-refractivity contribution in [3.8, 4) is 0 Å². The lowest BCUT2D eigenvalue weighted by Gasteiger charge is -2.32. The molecule has 17 heavy (non-hydrogen) atoms. The molecular formula is C12H25BClNO2. The van der Waals surface area contributed by atoms with Gasteiger partial charge in [0.05, 0.1) is 11.2 Å². The zero-order chi connectivity index (χ0) is 12.2. The number of rotatable bonds is 1. The van der Waals surface area contributed by atoms with Crippen molar-refractivity contribution in [1.82, 2.24) is 5.32 Å². The summed E-state index contributed by atoms with van der Waals surface area (Å²) in [7, 11) is -0.0949. The van der Waals surface area contributed by atoms with E-state index in [1.165, 1.54) is 0 Å². The van der Waals surface area contributed by atoms with Gasteiger partial charge >= 0.3 is 7.12 Å². The SMILES string of the molecule is CC1CNCC1(C)B1OC(C)(C)C(C)(C)O1.Cl. The minimum atomic E-state index is -0.219. The number of nitrogens with one attached hydrogen (secondary N) is 1. The fraction of sp³-hybridized carbons (Fsp3) is 1.00. The number of halogens is 1. The second-order valence-corrected chi connectivity index (χ2v) is 6.63. The molecule has 2 saturated heterocycles. The minimum Gasteiger partial charge on any atom is -0.403 e. The van der Waals surface area contributed by atoms with E-state index in [1.54, 1.807) is 0 Å². The third kappa shape index (κ3) is 2.25. The molecule has 0 saturated carbocycles. The van der Waals surface area contributed by atoms with Crippen LogP contribution in [0.3, 0.4) is 0 Å². The van der Waals surface area contributed by atoms with Crippen molar-refractivity contribution in [2.45, 2.75) is 58.1 Å². The van der Waals surface area contributed by atoms with E-state index >= 15 is 0 Å². The quantitative estimate of drug-likeness (QED) is 0.736. The van der Waals surface area contributed by atoms with Gasteiger partial charge in [-0.3, -0.25) is 0 Å². The van der Waals surface area contributed by atoms with Crippen LogP contribution in [-0.4, -0.2) is 31.4 Å². The Kier molecular flexibility index (Phi) is 3.97. The Morgan fingerprint density at radius 3 is 1.88 bits per heavy atom. The topological polar surface area (TPSA) is 30.5 Å². The van der Waals surface area contributed by atoms with Gasteiger partial charge in [-0.15, -0.1) is 12.4 Å². The molecule has 2 rings (SSSR count). The molecule has 2 fully saturated rings. The molecule has 0 aromatic carbocycles. The minimum absolute atomic E-state index is 0. The van der Waals surface area contributed by atoms with E-state index in [9.17, 15) is 0 Å². The van der Waals surface area contributed by atoms with Crippen molar-refractivity contribution in [2.75, 3.05) is 13.1 Å². The van der Waals surface area contributed by atoms with Gasteiger partial charge in [-0.1, -0.05) is 13.8 Å². The third-order valence-electron chi connectivity index (χ3n) is 4.87. The van der Waals surface area contributed by atoms with Crippen molar-refractivity contribution in [1.29, 1.82) is 0 Å². The molecule has 1 N–H and O–H groups in total. The zero-order valence-corrected chi connectivity index (χ0v) is 12.6. The maximum Gasteiger partial charge on any atom is 0.465 e. The van der Waals surface area contributed by atoms with Gasteiger partial charge in [0, 0.05) is 5.31 Å². The van der Waals surface area contributed by atoms with Crippen molar-refractivity contribution in [3.63, 3.8) is 0 Å². The zero-order valence-electron chi connectivity index (χ0n) is 11.8. The van der Waals surface area contributed by atoms with Crippen LogP contribution in [0.2, 0.25) is 5.31 Å². The van der Waals surface area contributed by atoms with Gasteiger partial charge < -0.3 is 14.6 Å². The molecule has 0 radical (unpaired) electrons. The highest BCUT2D eigenvalue weighted by Crippen LogP contribution is 2.49. The molecule has 0 aliphatic carbocycles. The fourth-order valence-electron chi connectivity index (χ4n) is 2.39. The van der Waals surface area contributed by atoms with Crippen LogP contribution in [0, 0.1) is 5.92 Å². The lowest BCUT2D eigenvalue weighted by molar-refractivity contribution is 0.00578. The van der Waals surface area contributed by atoms with Crippen LogP contribution in [-0.2, 0) is 9.31 Å². The first-order valence-electron chi connectivity index (χ1n) is 6.25. The maximum absolute atomic E-state index is 6.16. The van der Waals surface area contributed by atoms with Gasteiger partial charge in [-0.2, -0.15) is 0 Å². The first kappa shape index (κ1) is 15.3. The monoisotopic (exact) mass is 261 g/mol. The average molecular weight is 262 g/mol. The van der Waals surface area contributed by atoms with E-state index < -0.39 is 0 Å². The Bertz CT molecular complexity index is 282. The number of hydrogen-bond acceptors (Lipinski definition) is 3. The van der Waals surface area contributed by atoms with Gasteiger partial charge in [0.1, 0.15) is 0 Å². The maximum atomic E-state index is 6.16. The second-order valence-electron chi connectivity index (χ2n) is 6.63. The van der Waals surface area contributed by atoms with Gasteiger partial charge in [-0.25, -0.2) is 0 Å². The highest BCUT2D eigenvalue weighted by molar-refractivity contribution is 6.50. The van der Waals surface area contributed by atoms with Crippen molar-refractivity contribution in [2.24, 2.45) is 5.92 Å². The lowest BCUT2D eigenvalue weighted by atomic mass is 9.54. The molecule has 0 aromatic rings. The highest BCUT2D eigenvalue weighted by Gasteiger charge is 2.60. The summed E-state index contributed by atoms with van der Waals surface area (Å²) in [4.78, 5) is 0. The van der Waals surface area contributed by atoms with Gasteiger partial charge in [-0.05, 0) is 46.7 Å². The molecule has 2 aliphatic rings. The smallest absolute Gasteiger partial charge is 0.403 e. The van der Waals surface area contributed by atoms with Crippen molar-refractivity contribution in [3.05, 3.63) is 0 Å². The van der Waals surface area contributed by atoms with Crippen molar-refractivity contribution < 1.29 is 9.31 Å². The second kappa shape index (κ2) is 4.41. The highest BCUT2D eigenvalue weighted by atomic mass is 35.5. The summed E-state index contributed by atoms with van der Waals surface area (Å²) >= 11 is 0. The Labute approximate surface area is 112 Å². The summed E-state index contributed by atoms with van der Waals surface area (Å²) in [6, 6.07) is 0. The molecule has 2 atom stereocenters. The Hall–Kier alpha value is 0.235. The molecule has 0 amide bonds. The molecule has 2 aliphatic heterocycles. The van der Waals surface area contributed by atoms with Crippen LogP contribution in [0.5, 0.6) is 0 Å². The molecule has 3 nitrogen and oxygen atoms in total. The van der Waals surface area contributed by atoms with Crippen LogP contribution in [0.15, 0.2) is 0 Å². The van der Waals surface area contributed by atoms with Crippen LogP contribution < -0.4 is 5.32 Å². The Balaban J connectivity index is 0.00000144. The molecule has 0 aromatic heterocycles. The summed E-state index contributed by atoms with van der Waals surface area (Å²) in [5, 5.41) is 3.52. The van der Waals surface area contributed by atoms with E-state index in [1.807, 2.05) is 0 Å². The lowest BCUT2D eigenvalue weighted by Crippen LogP contribution is -2.41. The van der Waals surface area contributed by atoms with Gasteiger partial charge in [0.25, 0.3) is 0 Å². The molecular weight excluding hydrogens is 236 g/mol. The van der Waals surface area contributed by atoms with Crippen LogP contribution in [0.25, 0.3) is 0 Å². The molecule has 2 unspecified atom stereocenters. The predicted octanol–water partition coefficient (Wildman–Crippen LogP) is 2.50. The average Bonchev–Trinajstić information content (AvgIpc) is 2.55. The summed E-state index contributed by atoms with van der Waals surface area (Å²) < 4.78 is 12.3. The van der Waals surface area contributed by atoms with E-state index in [2.05, 4.69) is 46.9 Å². The first-order valence-corrected chi connectivity index (χ1v) is 6.25. The van der Waals surface area contributed by atoms with Crippen LogP contribution >= 0.6 is 12.4 Å². The van der Waals surface area contributed by atoms with Crippen LogP contribution in [0.4, 0.5) is 0 Å². The van der Waals surface area contributed by atoms with Gasteiger partial charge in [0.15, 0.2) is 0 Å². The number of hydrogen-bond donors (Lipinski definition) is 1. The Morgan fingerprint density at radius 2 is 1.53 bits per heavy atom. The largest absolute Gasteiger partial charge is 0.465 e.